The van der Waals surface area contributed by atoms with Gasteiger partial charge in [0.2, 0.25) is 10.0 Å². The topological polar surface area (TPSA) is 59.3 Å². The highest BCUT2D eigenvalue weighted by molar-refractivity contribution is 7.89. The maximum absolute atomic E-state index is 12.1. The van der Waals surface area contributed by atoms with Gasteiger partial charge in [0.25, 0.3) is 0 Å². The van der Waals surface area contributed by atoms with Crippen molar-refractivity contribution in [2.24, 2.45) is 0 Å². The lowest BCUT2D eigenvalue weighted by atomic mass is 10.4. The average molecular weight is 341 g/mol. The fourth-order valence-electron chi connectivity index (χ4n) is 1.37. The second kappa shape index (κ2) is 5.73. The van der Waals surface area contributed by atoms with E-state index in [0.717, 1.165) is 0 Å². The Kier molecular flexibility index (Phi) is 4.43. The fourth-order valence-corrected chi connectivity index (χ4v) is 3.36. The van der Waals surface area contributed by atoms with Gasteiger partial charge in [-0.2, -0.15) is 0 Å². The standard InChI is InChI=1S/C11H8Cl3NO3S/c12-8-4-10(14)11(5-9(8)13)19(16,17)15-6-7-2-1-3-18-7/h1-5,15H,6H2. The number of halogens is 3. The third-order valence-corrected chi connectivity index (χ3v) is 4.87. The van der Waals surface area contributed by atoms with E-state index in [4.69, 9.17) is 39.2 Å². The van der Waals surface area contributed by atoms with Gasteiger partial charge in [0.05, 0.1) is 27.9 Å². The molecule has 0 aliphatic heterocycles. The van der Waals surface area contributed by atoms with Crippen LogP contribution in [-0.4, -0.2) is 8.42 Å². The molecule has 0 saturated carbocycles. The SMILES string of the molecule is O=S(=O)(NCc1ccco1)c1cc(Cl)c(Cl)cc1Cl. The maximum atomic E-state index is 12.1. The van der Waals surface area contributed by atoms with Crippen LogP contribution in [0.25, 0.3) is 0 Å². The molecule has 0 spiro atoms. The molecular weight excluding hydrogens is 333 g/mol. The van der Waals surface area contributed by atoms with Gasteiger partial charge in [0.1, 0.15) is 10.7 Å². The molecule has 0 fully saturated rings. The van der Waals surface area contributed by atoms with Crippen molar-refractivity contribution in [1.82, 2.24) is 4.72 Å². The van der Waals surface area contributed by atoms with Crippen LogP contribution in [0.15, 0.2) is 39.8 Å². The van der Waals surface area contributed by atoms with Crippen LogP contribution < -0.4 is 4.72 Å². The smallest absolute Gasteiger partial charge is 0.242 e. The highest BCUT2D eigenvalue weighted by atomic mass is 35.5. The zero-order valence-electron chi connectivity index (χ0n) is 9.36. The van der Waals surface area contributed by atoms with Gasteiger partial charge in [-0.25, -0.2) is 13.1 Å². The highest BCUT2D eigenvalue weighted by Crippen LogP contribution is 2.31. The van der Waals surface area contributed by atoms with E-state index in [1.165, 1.54) is 18.4 Å². The van der Waals surface area contributed by atoms with E-state index in [-0.39, 0.29) is 26.5 Å². The van der Waals surface area contributed by atoms with Gasteiger partial charge < -0.3 is 4.42 Å². The van der Waals surface area contributed by atoms with E-state index < -0.39 is 10.0 Å². The van der Waals surface area contributed by atoms with Crippen LogP contribution in [0.4, 0.5) is 0 Å². The Bertz CT molecular complexity index is 683. The first-order valence-electron chi connectivity index (χ1n) is 5.07. The van der Waals surface area contributed by atoms with Crippen LogP contribution in [0.2, 0.25) is 15.1 Å². The summed E-state index contributed by atoms with van der Waals surface area (Å²) >= 11 is 17.4. The molecule has 0 radical (unpaired) electrons. The minimum atomic E-state index is -3.79. The molecule has 0 aliphatic rings. The molecule has 1 aromatic heterocycles. The van der Waals surface area contributed by atoms with Gasteiger partial charge in [-0.3, -0.25) is 0 Å². The Balaban J connectivity index is 2.27. The fraction of sp³-hybridized carbons (Fsp3) is 0.0909. The van der Waals surface area contributed by atoms with Crippen molar-refractivity contribution in [3.8, 4) is 0 Å². The van der Waals surface area contributed by atoms with Crippen molar-refractivity contribution < 1.29 is 12.8 Å². The third kappa shape index (κ3) is 3.43. The van der Waals surface area contributed by atoms with Crippen LogP contribution in [-0.2, 0) is 16.6 Å². The Morgan fingerprint density at radius 1 is 1.11 bits per heavy atom. The predicted molar refractivity (Wildman–Crippen MR) is 74.2 cm³/mol. The van der Waals surface area contributed by atoms with Crippen LogP contribution in [0.5, 0.6) is 0 Å². The van der Waals surface area contributed by atoms with Crippen LogP contribution in [0.3, 0.4) is 0 Å². The number of furan rings is 1. The van der Waals surface area contributed by atoms with E-state index in [1.54, 1.807) is 12.1 Å². The van der Waals surface area contributed by atoms with E-state index in [0.29, 0.717) is 5.76 Å². The molecular formula is C11H8Cl3NO3S. The lowest BCUT2D eigenvalue weighted by molar-refractivity contribution is 0.498. The molecule has 1 aromatic carbocycles. The van der Waals surface area contributed by atoms with E-state index in [2.05, 4.69) is 4.72 Å². The normalized spacial score (nSPS) is 11.7. The molecule has 19 heavy (non-hydrogen) atoms. The first-order valence-corrected chi connectivity index (χ1v) is 7.68. The molecule has 1 N–H and O–H groups in total. The maximum Gasteiger partial charge on any atom is 0.242 e. The second-order valence-electron chi connectivity index (χ2n) is 3.60. The van der Waals surface area contributed by atoms with Crippen molar-refractivity contribution in [2.75, 3.05) is 0 Å². The minimum absolute atomic E-state index is 0.00125. The largest absolute Gasteiger partial charge is 0.468 e. The van der Waals surface area contributed by atoms with Gasteiger partial charge in [-0.05, 0) is 24.3 Å². The van der Waals surface area contributed by atoms with Crippen molar-refractivity contribution >= 4 is 44.8 Å². The van der Waals surface area contributed by atoms with Crippen molar-refractivity contribution in [1.29, 1.82) is 0 Å². The summed E-state index contributed by atoms with van der Waals surface area (Å²) in [7, 11) is -3.79. The molecule has 4 nitrogen and oxygen atoms in total. The van der Waals surface area contributed by atoms with Crippen LogP contribution in [0.1, 0.15) is 5.76 Å². The summed E-state index contributed by atoms with van der Waals surface area (Å²) in [5, 5.41) is 0.308. The number of hydrogen-bond donors (Lipinski definition) is 1. The molecule has 0 amide bonds. The first-order chi connectivity index (χ1) is 8.90. The zero-order valence-corrected chi connectivity index (χ0v) is 12.4. The van der Waals surface area contributed by atoms with Crippen molar-refractivity contribution in [3.05, 3.63) is 51.4 Å². The molecule has 102 valence electrons. The Labute approximate surface area is 125 Å². The van der Waals surface area contributed by atoms with Gasteiger partial charge in [0.15, 0.2) is 0 Å². The van der Waals surface area contributed by atoms with Gasteiger partial charge in [-0.15, -0.1) is 0 Å². The number of rotatable bonds is 4. The number of nitrogens with one attached hydrogen (secondary N) is 1. The van der Waals surface area contributed by atoms with Crippen LogP contribution >= 0.6 is 34.8 Å². The Hall–Kier alpha value is -0.720. The monoisotopic (exact) mass is 339 g/mol. The molecule has 1 heterocycles. The average Bonchev–Trinajstić information content (AvgIpc) is 2.84. The van der Waals surface area contributed by atoms with Gasteiger partial charge in [0, 0.05) is 0 Å². The molecule has 2 rings (SSSR count). The molecule has 8 heteroatoms. The number of sulfonamides is 1. The lowest BCUT2D eigenvalue weighted by Crippen LogP contribution is -2.23. The zero-order chi connectivity index (χ0) is 14.0. The number of benzene rings is 1. The minimum Gasteiger partial charge on any atom is -0.468 e. The Morgan fingerprint density at radius 2 is 1.79 bits per heavy atom. The first kappa shape index (κ1) is 14.7. The summed E-state index contributed by atoms with van der Waals surface area (Å²) in [5.74, 6) is 0.486. The molecule has 0 aliphatic carbocycles. The summed E-state index contributed by atoms with van der Waals surface area (Å²) < 4.78 is 31.5. The number of hydrogen-bond acceptors (Lipinski definition) is 3. The van der Waals surface area contributed by atoms with E-state index in [9.17, 15) is 8.42 Å². The van der Waals surface area contributed by atoms with Crippen molar-refractivity contribution in [2.45, 2.75) is 11.4 Å². The molecule has 2 aromatic rings. The van der Waals surface area contributed by atoms with E-state index >= 15 is 0 Å². The summed E-state index contributed by atoms with van der Waals surface area (Å²) in [5.41, 5.74) is 0. The summed E-state index contributed by atoms with van der Waals surface area (Å²) in [6.45, 7) is 0.0197. The Morgan fingerprint density at radius 3 is 2.42 bits per heavy atom. The summed E-state index contributed by atoms with van der Waals surface area (Å²) in [6, 6.07) is 5.80. The molecule has 0 atom stereocenters. The predicted octanol–water partition coefficient (Wildman–Crippen LogP) is 3.72. The summed E-state index contributed by atoms with van der Waals surface area (Å²) in [4.78, 5) is -0.130. The van der Waals surface area contributed by atoms with E-state index in [1.807, 2.05) is 0 Å². The van der Waals surface area contributed by atoms with Gasteiger partial charge in [-0.1, -0.05) is 34.8 Å². The van der Waals surface area contributed by atoms with Crippen molar-refractivity contribution in [3.63, 3.8) is 0 Å². The summed E-state index contributed by atoms with van der Waals surface area (Å²) in [6.07, 6.45) is 1.45. The van der Waals surface area contributed by atoms with Gasteiger partial charge >= 0.3 is 0 Å². The van der Waals surface area contributed by atoms with Crippen LogP contribution in [0, 0.1) is 0 Å². The quantitative estimate of drug-likeness (QED) is 0.863. The lowest BCUT2D eigenvalue weighted by Gasteiger charge is -2.08. The molecule has 0 saturated heterocycles. The highest BCUT2D eigenvalue weighted by Gasteiger charge is 2.20. The third-order valence-electron chi connectivity index (χ3n) is 2.28. The second-order valence-corrected chi connectivity index (χ2v) is 6.56. The molecule has 0 bridgehead atoms. The molecule has 0 unspecified atom stereocenters.